The van der Waals surface area contributed by atoms with Crippen molar-refractivity contribution in [3.05, 3.63) is 0 Å². The minimum atomic E-state index is -0.493. The van der Waals surface area contributed by atoms with E-state index in [9.17, 15) is 4.79 Å². The number of hydrogen-bond acceptors (Lipinski definition) is 3. The molecule has 3 nitrogen and oxygen atoms in total. The zero-order valence-electron chi connectivity index (χ0n) is 18.5. The molecule has 0 rings (SSSR count). The zero-order chi connectivity index (χ0) is 20.2. The number of carbonyl (C=O) groups excluding carboxylic acids is 1. The van der Waals surface area contributed by atoms with Crippen LogP contribution in [0.1, 0.15) is 124 Å². The molecule has 0 aromatic carbocycles. The average Bonchev–Trinajstić information content (AvgIpc) is 2.68. The van der Waals surface area contributed by atoms with Gasteiger partial charge in [0.2, 0.25) is 0 Å². The summed E-state index contributed by atoms with van der Waals surface area (Å²) in [5.41, 5.74) is 0. The number of esters is 1. The Balaban J connectivity index is 3.98. The second-order valence-electron chi connectivity index (χ2n) is 8.09. The summed E-state index contributed by atoms with van der Waals surface area (Å²) >= 11 is 0. The van der Waals surface area contributed by atoms with Crippen molar-refractivity contribution in [2.24, 2.45) is 5.92 Å². The fourth-order valence-electron chi connectivity index (χ4n) is 3.46. The van der Waals surface area contributed by atoms with Gasteiger partial charge >= 0.3 is 5.97 Å². The van der Waals surface area contributed by atoms with Crippen molar-refractivity contribution in [1.82, 2.24) is 0 Å². The van der Waals surface area contributed by atoms with Crippen molar-refractivity contribution in [1.29, 1.82) is 0 Å². The molecule has 0 saturated carbocycles. The van der Waals surface area contributed by atoms with Crippen molar-refractivity contribution in [3.63, 3.8) is 0 Å². The van der Waals surface area contributed by atoms with Gasteiger partial charge in [0, 0.05) is 9.47 Å². The predicted molar refractivity (Wildman–Crippen MR) is 120 cm³/mol. The van der Waals surface area contributed by atoms with E-state index in [0.717, 1.165) is 0 Å². The van der Waals surface area contributed by atoms with E-state index in [1.165, 1.54) is 103 Å². The van der Waals surface area contributed by atoms with Gasteiger partial charge in [0.1, 0.15) is 0 Å². The molecule has 0 bridgehead atoms. The Bertz CT molecular complexity index is 323. The van der Waals surface area contributed by atoms with Crippen LogP contribution < -0.4 is 0 Å². The molecule has 0 aromatic rings. The molecule has 162 valence electrons. The summed E-state index contributed by atoms with van der Waals surface area (Å²) < 4.78 is 10.5. The smallest absolute Gasteiger partial charge is 0.335 e. The first-order chi connectivity index (χ1) is 13.2. The number of unbranched alkanes of at least 4 members (excludes halogenated alkanes) is 12. The third-order valence-corrected chi connectivity index (χ3v) is 5.84. The molecular weight excluding hydrogens is 355 g/mol. The van der Waals surface area contributed by atoms with Gasteiger partial charge in [0.25, 0.3) is 0 Å². The topological polar surface area (TPSA) is 35.5 Å². The minimum Gasteiger partial charge on any atom is -0.463 e. The summed E-state index contributed by atoms with van der Waals surface area (Å²) in [4.78, 5) is 11.9. The summed E-state index contributed by atoms with van der Waals surface area (Å²) in [7, 11) is 2.14. The summed E-state index contributed by atoms with van der Waals surface area (Å²) in [6.07, 6.45) is 20.6. The second-order valence-corrected chi connectivity index (χ2v) is 8.37. The summed E-state index contributed by atoms with van der Waals surface area (Å²) in [6.45, 7) is 6.82. The maximum atomic E-state index is 11.9. The second kappa shape index (κ2) is 20.6. The highest BCUT2D eigenvalue weighted by molar-refractivity contribution is 7.09. The highest BCUT2D eigenvalue weighted by atomic mass is 31.0. The van der Waals surface area contributed by atoms with Gasteiger partial charge in [-0.05, 0) is 25.7 Å². The van der Waals surface area contributed by atoms with E-state index in [4.69, 9.17) is 9.26 Å². The van der Waals surface area contributed by atoms with Crippen molar-refractivity contribution < 1.29 is 14.1 Å². The van der Waals surface area contributed by atoms with Gasteiger partial charge in [-0.25, -0.2) is 4.79 Å². The summed E-state index contributed by atoms with van der Waals surface area (Å²) in [5, 5.41) is 0. The van der Waals surface area contributed by atoms with Crippen LogP contribution in [0.5, 0.6) is 0 Å². The van der Waals surface area contributed by atoms with E-state index in [1.807, 2.05) is 0 Å². The van der Waals surface area contributed by atoms with E-state index in [1.54, 1.807) is 6.92 Å². The molecule has 27 heavy (non-hydrogen) atoms. The molecule has 0 aromatic heterocycles. The zero-order valence-corrected chi connectivity index (χ0v) is 19.6. The van der Waals surface area contributed by atoms with Crippen molar-refractivity contribution in [2.45, 2.75) is 130 Å². The highest BCUT2D eigenvalue weighted by Gasteiger charge is 2.16. The molecular formula is C23H47O3P. The van der Waals surface area contributed by atoms with Gasteiger partial charge in [-0.15, -0.1) is 0 Å². The molecule has 0 aliphatic rings. The van der Waals surface area contributed by atoms with Gasteiger partial charge in [0.05, 0.1) is 6.61 Å². The molecule has 0 N–H and O–H groups in total. The van der Waals surface area contributed by atoms with Crippen molar-refractivity contribution >= 4 is 15.4 Å². The van der Waals surface area contributed by atoms with Crippen LogP contribution in [-0.2, 0) is 14.1 Å². The Labute approximate surface area is 172 Å². The number of carbonyl (C=O) groups is 1. The first-order valence-corrected chi connectivity index (χ1v) is 12.1. The van der Waals surface area contributed by atoms with Crippen LogP contribution >= 0.6 is 9.47 Å². The molecule has 3 unspecified atom stereocenters. The van der Waals surface area contributed by atoms with E-state index in [-0.39, 0.29) is 5.97 Å². The molecule has 0 saturated heterocycles. The molecule has 0 spiro atoms. The Morgan fingerprint density at radius 2 is 1.15 bits per heavy atom. The molecule has 0 aliphatic heterocycles. The van der Waals surface area contributed by atoms with Crippen LogP contribution in [0.15, 0.2) is 0 Å². The molecule has 3 atom stereocenters. The lowest BCUT2D eigenvalue weighted by atomic mass is 9.94. The highest BCUT2D eigenvalue weighted by Crippen LogP contribution is 2.20. The third kappa shape index (κ3) is 17.7. The molecule has 0 radical (unpaired) electrons. The quantitative estimate of drug-likeness (QED) is 0.119. The monoisotopic (exact) mass is 402 g/mol. The maximum absolute atomic E-state index is 11.9. The van der Waals surface area contributed by atoms with Crippen LogP contribution in [0.2, 0.25) is 0 Å². The Morgan fingerprint density at radius 1 is 0.741 bits per heavy atom. The van der Waals surface area contributed by atoms with Crippen LogP contribution in [0.3, 0.4) is 0 Å². The Kier molecular flexibility index (Phi) is 20.5. The number of rotatable bonds is 20. The van der Waals surface area contributed by atoms with Gasteiger partial charge in [-0.1, -0.05) is 104 Å². The Morgan fingerprint density at radius 3 is 1.56 bits per heavy atom. The van der Waals surface area contributed by atoms with Crippen LogP contribution in [0.25, 0.3) is 0 Å². The fraction of sp³-hybridized carbons (Fsp3) is 0.957. The molecule has 4 heteroatoms. The molecule has 0 amide bonds. The number of ether oxygens (including phenoxy) is 1. The van der Waals surface area contributed by atoms with Gasteiger partial charge in [-0.3, -0.25) is 0 Å². The SMILES string of the molecule is CCCCCCCCCCC(CCCCCCCC)COC(=O)C(C)OP. The molecule has 0 aliphatic carbocycles. The third-order valence-electron chi connectivity index (χ3n) is 5.43. The average molecular weight is 403 g/mol. The summed E-state index contributed by atoms with van der Waals surface area (Å²) in [5.74, 6) is 0.269. The van der Waals surface area contributed by atoms with Crippen LogP contribution in [0.4, 0.5) is 0 Å². The van der Waals surface area contributed by atoms with E-state index in [2.05, 4.69) is 23.3 Å². The van der Waals surface area contributed by atoms with Gasteiger partial charge in [-0.2, -0.15) is 0 Å². The first kappa shape index (κ1) is 26.9. The molecule has 0 fully saturated rings. The summed E-state index contributed by atoms with van der Waals surface area (Å²) in [6, 6.07) is 0. The lowest BCUT2D eigenvalue weighted by Crippen LogP contribution is -2.23. The van der Waals surface area contributed by atoms with E-state index >= 15 is 0 Å². The van der Waals surface area contributed by atoms with Crippen molar-refractivity contribution in [3.8, 4) is 0 Å². The minimum absolute atomic E-state index is 0.242. The first-order valence-electron chi connectivity index (χ1n) is 11.7. The van der Waals surface area contributed by atoms with Crippen LogP contribution in [0, 0.1) is 5.92 Å². The largest absolute Gasteiger partial charge is 0.463 e. The normalized spacial score (nSPS) is 13.5. The van der Waals surface area contributed by atoms with Crippen molar-refractivity contribution in [2.75, 3.05) is 6.61 Å². The standard InChI is InChI=1S/C23H47O3P/c1-4-6-8-10-12-13-15-17-19-22(18-16-14-11-9-7-5-2)20-25-23(24)21(3)26-27/h21-22H,4-20,27H2,1-3H3. The van der Waals surface area contributed by atoms with Crippen LogP contribution in [-0.4, -0.2) is 18.7 Å². The predicted octanol–water partition coefficient (Wildman–Crippen LogP) is 7.62. The van der Waals surface area contributed by atoms with Gasteiger partial charge in [0.15, 0.2) is 6.10 Å². The molecule has 0 heterocycles. The fourth-order valence-corrected chi connectivity index (χ4v) is 3.58. The maximum Gasteiger partial charge on any atom is 0.335 e. The lowest BCUT2D eigenvalue weighted by molar-refractivity contribution is -0.152. The Hall–Kier alpha value is -0.140. The van der Waals surface area contributed by atoms with E-state index in [0.29, 0.717) is 12.5 Å². The van der Waals surface area contributed by atoms with E-state index < -0.39 is 6.10 Å². The number of hydrogen-bond donors (Lipinski definition) is 0. The lowest BCUT2D eigenvalue weighted by Gasteiger charge is -2.18. The van der Waals surface area contributed by atoms with Gasteiger partial charge < -0.3 is 9.26 Å².